The van der Waals surface area contributed by atoms with Crippen molar-refractivity contribution in [3.63, 3.8) is 0 Å². The molecule has 3 rings (SSSR count). The standard InChI is InChI=1S/C18H18FN3O2/c19-14-5-7-16(8-6-14)22-18(24)13-9-12(10-20-11-13)17(23)21-15-3-1-2-4-15/h5-11,15H,1-4H2,(H,21,23)(H,22,24). The quantitative estimate of drug-likeness (QED) is 0.906. The highest BCUT2D eigenvalue weighted by atomic mass is 19.1. The number of nitrogens with zero attached hydrogens (tertiary/aromatic N) is 1. The van der Waals surface area contributed by atoms with Crippen molar-refractivity contribution in [2.24, 2.45) is 0 Å². The van der Waals surface area contributed by atoms with E-state index in [0.29, 0.717) is 11.3 Å². The van der Waals surface area contributed by atoms with Crippen molar-refractivity contribution in [2.75, 3.05) is 5.32 Å². The number of nitrogens with one attached hydrogen (secondary N) is 2. The van der Waals surface area contributed by atoms with Gasteiger partial charge in [-0.25, -0.2) is 4.39 Å². The Kier molecular flexibility index (Phi) is 4.84. The van der Waals surface area contributed by atoms with Gasteiger partial charge in [-0.2, -0.15) is 0 Å². The van der Waals surface area contributed by atoms with E-state index in [9.17, 15) is 14.0 Å². The summed E-state index contributed by atoms with van der Waals surface area (Å²) in [5.41, 5.74) is 1.11. The molecule has 2 amide bonds. The smallest absolute Gasteiger partial charge is 0.257 e. The first-order chi connectivity index (χ1) is 11.6. The molecule has 0 bridgehead atoms. The van der Waals surface area contributed by atoms with E-state index in [1.54, 1.807) is 0 Å². The fourth-order valence-corrected chi connectivity index (χ4v) is 2.76. The number of aromatic nitrogens is 1. The van der Waals surface area contributed by atoms with Gasteiger partial charge < -0.3 is 10.6 Å². The van der Waals surface area contributed by atoms with Crippen LogP contribution in [-0.2, 0) is 0 Å². The molecule has 124 valence electrons. The Morgan fingerprint density at radius 1 is 1.00 bits per heavy atom. The van der Waals surface area contributed by atoms with Crippen LogP contribution in [0.4, 0.5) is 10.1 Å². The second kappa shape index (κ2) is 7.21. The molecule has 1 aromatic carbocycles. The van der Waals surface area contributed by atoms with E-state index >= 15 is 0 Å². The minimum atomic E-state index is -0.398. The predicted octanol–water partition coefficient (Wildman–Crippen LogP) is 3.15. The van der Waals surface area contributed by atoms with Gasteiger partial charge in [-0.1, -0.05) is 12.8 Å². The normalized spacial score (nSPS) is 14.4. The first kappa shape index (κ1) is 16.1. The van der Waals surface area contributed by atoms with Crippen LogP contribution in [0.15, 0.2) is 42.7 Å². The molecule has 0 atom stereocenters. The second-order valence-corrected chi connectivity index (χ2v) is 5.88. The van der Waals surface area contributed by atoms with Gasteiger partial charge in [0.25, 0.3) is 11.8 Å². The van der Waals surface area contributed by atoms with E-state index in [4.69, 9.17) is 0 Å². The van der Waals surface area contributed by atoms with Gasteiger partial charge in [-0.15, -0.1) is 0 Å². The number of anilines is 1. The van der Waals surface area contributed by atoms with Crippen LogP contribution in [0.25, 0.3) is 0 Å². The molecule has 2 aromatic rings. The minimum absolute atomic E-state index is 0.203. The van der Waals surface area contributed by atoms with Crippen LogP contribution in [0.3, 0.4) is 0 Å². The molecule has 1 saturated carbocycles. The van der Waals surface area contributed by atoms with Crippen LogP contribution in [0.5, 0.6) is 0 Å². The fraction of sp³-hybridized carbons (Fsp3) is 0.278. The average molecular weight is 327 g/mol. The maximum atomic E-state index is 12.9. The van der Waals surface area contributed by atoms with E-state index in [0.717, 1.165) is 25.7 Å². The van der Waals surface area contributed by atoms with Gasteiger partial charge in [0.2, 0.25) is 0 Å². The van der Waals surface area contributed by atoms with Gasteiger partial charge in [0, 0.05) is 24.1 Å². The zero-order valence-corrected chi connectivity index (χ0v) is 13.1. The first-order valence-corrected chi connectivity index (χ1v) is 7.94. The maximum Gasteiger partial charge on any atom is 0.257 e. The molecular weight excluding hydrogens is 309 g/mol. The molecule has 0 saturated heterocycles. The molecule has 0 spiro atoms. The Morgan fingerprint density at radius 3 is 2.29 bits per heavy atom. The van der Waals surface area contributed by atoms with Crippen molar-refractivity contribution in [2.45, 2.75) is 31.7 Å². The summed E-state index contributed by atoms with van der Waals surface area (Å²) in [5.74, 6) is -0.990. The van der Waals surface area contributed by atoms with E-state index in [-0.39, 0.29) is 23.3 Å². The second-order valence-electron chi connectivity index (χ2n) is 5.88. The van der Waals surface area contributed by atoms with E-state index in [2.05, 4.69) is 15.6 Å². The van der Waals surface area contributed by atoms with Crippen molar-refractivity contribution in [1.29, 1.82) is 0 Å². The summed E-state index contributed by atoms with van der Waals surface area (Å²) in [7, 11) is 0. The first-order valence-electron chi connectivity index (χ1n) is 7.94. The Balaban J connectivity index is 1.68. The maximum absolute atomic E-state index is 12.9. The number of benzene rings is 1. The molecule has 1 aliphatic rings. The number of carbonyl (C=O) groups is 2. The third-order valence-electron chi connectivity index (χ3n) is 4.06. The number of hydrogen-bond acceptors (Lipinski definition) is 3. The number of rotatable bonds is 4. The largest absolute Gasteiger partial charge is 0.349 e. The molecule has 0 radical (unpaired) electrons. The lowest BCUT2D eigenvalue weighted by atomic mass is 10.1. The van der Waals surface area contributed by atoms with Crippen molar-refractivity contribution < 1.29 is 14.0 Å². The topological polar surface area (TPSA) is 71.1 Å². The van der Waals surface area contributed by atoms with Crippen LogP contribution in [-0.4, -0.2) is 22.8 Å². The van der Waals surface area contributed by atoms with Crippen molar-refractivity contribution in [1.82, 2.24) is 10.3 Å². The molecule has 1 aliphatic carbocycles. The fourth-order valence-electron chi connectivity index (χ4n) is 2.76. The Hall–Kier alpha value is -2.76. The molecule has 5 nitrogen and oxygen atoms in total. The SMILES string of the molecule is O=C(Nc1ccc(F)cc1)c1cncc(C(=O)NC2CCCC2)c1. The van der Waals surface area contributed by atoms with Crippen LogP contribution in [0, 0.1) is 5.82 Å². The van der Waals surface area contributed by atoms with Crippen molar-refractivity contribution in [3.05, 3.63) is 59.7 Å². The summed E-state index contributed by atoms with van der Waals surface area (Å²) in [6.07, 6.45) is 7.07. The lowest BCUT2D eigenvalue weighted by Crippen LogP contribution is -2.32. The van der Waals surface area contributed by atoms with Crippen LogP contribution < -0.4 is 10.6 Å². The number of amides is 2. The summed E-state index contributed by atoms with van der Waals surface area (Å²) < 4.78 is 12.9. The summed E-state index contributed by atoms with van der Waals surface area (Å²) in [6.45, 7) is 0. The zero-order valence-electron chi connectivity index (χ0n) is 13.1. The molecule has 1 heterocycles. The van der Waals surface area contributed by atoms with Gasteiger partial charge in [0.05, 0.1) is 11.1 Å². The van der Waals surface area contributed by atoms with Crippen LogP contribution in [0.2, 0.25) is 0 Å². The summed E-state index contributed by atoms with van der Waals surface area (Å²) in [5, 5.41) is 5.61. The molecular formula is C18H18FN3O2. The third-order valence-corrected chi connectivity index (χ3v) is 4.06. The van der Waals surface area contributed by atoms with E-state index in [1.807, 2.05) is 0 Å². The molecule has 1 aromatic heterocycles. The lowest BCUT2D eigenvalue weighted by molar-refractivity contribution is 0.0937. The highest BCUT2D eigenvalue weighted by Crippen LogP contribution is 2.18. The number of halogens is 1. The minimum Gasteiger partial charge on any atom is -0.349 e. The lowest BCUT2D eigenvalue weighted by Gasteiger charge is -2.12. The number of carbonyl (C=O) groups excluding carboxylic acids is 2. The summed E-state index contributed by atoms with van der Waals surface area (Å²) in [4.78, 5) is 28.5. The van der Waals surface area contributed by atoms with Gasteiger partial charge in [0.1, 0.15) is 5.82 Å². The van der Waals surface area contributed by atoms with Crippen LogP contribution in [0.1, 0.15) is 46.4 Å². The van der Waals surface area contributed by atoms with E-state index in [1.165, 1.54) is 42.7 Å². The van der Waals surface area contributed by atoms with E-state index < -0.39 is 5.91 Å². The molecule has 6 heteroatoms. The number of pyridine rings is 1. The van der Waals surface area contributed by atoms with Crippen molar-refractivity contribution >= 4 is 17.5 Å². The Labute approximate surface area is 139 Å². The van der Waals surface area contributed by atoms with Gasteiger partial charge in [0.15, 0.2) is 0 Å². The summed E-state index contributed by atoms with van der Waals surface area (Å²) >= 11 is 0. The molecule has 0 unspecified atom stereocenters. The predicted molar refractivity (Wildman–Crippen MR) is 88.3 cm³/mol. The van der Waals surface area contributed by atoms with Gasteiger partial charge >= 0.3 is 0 Å². The zero-order chi connectivity index (χ0) is 16.9. The van der Waals surface area contributed by atoms with Crippen molar-refractivity contribution in [3.8, 4) is 0 Å². The Morgan fingerprint density at radius 2 is 1.62 bits per heavy atom. The molecule has 24 heavy (non-hydrogen) atoms. The van der Waals surface area contributed by atoms with Crippen LogP contribution >= 0.6 is 0 Å². The monoisotopic (exact) mass is 327 g/mol. The third kappa shape index (κ3) is 3.95. The summed E-state index contributed by atoms with van der Waals surface area (Å²) in [6, 6.07) is 7.18. The molecule has 2 N–H and O–H groups in total. The van der Waals surface area contributed by atoms with Gasteiger partial charge in [-0.05, 0) is 43.2 Å². The molecule has 0 aliphatic heterocycles. The van der Waals surface area contributed by atoms with Gasteiger partial charge in [-0.3, -0.25) is 14.6 Å². The average Bonchev–Trinajstić information content (AvgIpc) is 3.10. The highest BCUT2D eigenvalue weighted by molar-refractivity contribution is 6.05. The highest BCUT2D eigenvalue weighted by Gasteiger charge is 2.19. The Bertz CT molecular complexity index is 740. The molecule has 1 fully saturated rings. The number of hydrogen-bond donors (Lipinski definition) is 2.